The van der Waals surface area contributed by atoms with Gasteiger partial charge in [-0.3, -0.25) is 9.89 Å². The van der Waals surface area contributed by atoms with E-state index in [0.717, 1.165) is 72.0 Å². The van der Waals surface area contributed by atoms with E-state index >= 15 is 0 Å². The van der Waals surface area contributed by atoms with Crippen molar-refractivity contribution in [3.8, 4) is 0 Å². The maximum atomic E-state index is 6.27. The molecule has 1 saturated heterocycles. The lowest BCUT2D eigenvalue weighted by Crippen LogP contribution is -2.39. The van der Waals surface area contributed by atoms with Gasteiger partial charge in [-0.05, 0) is 35.9 Å². The minimum Gasteiger partial charge on any atom is -0.379 e. The molecule has 0 amide bonds. The number of para-hydroxylation sites is 1. The molecular formula is C24H26Cl2N6OS. The average Bonchev–Trinajstić information content (AvgIpc) is 3.41. The van der Waals surface area contributed by atoms with Crippen LogP contribution < -0.4 is 10.6 Å². The number of amidine groups is 1. The molecule has 1 fully saturated rings. The minimum atomic E-state index is 0.573. The number of hydrogen-bond donors (Lipinski definition) is 2. The number of nitrogens with one attached hydrogen (secondary N) is 2. The van der Waals surface area contributed by atoms with Crippen molar-refractivity contribution in [1.29, 1.82) is 0 Å². The highest BCUT2D eigenvalue weighted by Gasteiger charge is 2.16. The van der Waals surface area contributed by atoms with E-state index < -0.39 is 0 Å². The fraction of sp³-hybridized carbons (Fsp3) is 0.333. The van der Waals surface area contributed by atoms with Gasteiger partial charge in [-0.1, -0.05) is 47.1 Å². The molecule has 0 bridgehead atoms. The molecule has 3 aromatic rings. The number of rotatable bonds is 6. The first-order valence-electron chi connectivity index (χ1n) is 11.2. The predicted molar refractivity (Wildman–Crippen MR) is 144 cm³/mol. The van der Waals surface area contributed by atoms with Gasteiger partial charge in [0.25, 0.3) is 0 Å². The zero-order valence-corrected chi connectivity index (χ0v) is 21.2. The van der Waals surface area contributed by atoms with Gasteiger partial charge in [-0.25, -0.2) is 4.98 Å². The maximum Gasteiger partial charge on any atom is 0.203 e. The predicted octanol–water partition coefficient (Wildman–Crippen LogP) is 5.18. The molecule has 2 N–H and O–H groups in total. The molecule has 2 aromatic carbocycles. The molecule has 0 aliphatic carbocycles. The molecule has 178 valence electrons. The van der Waals surface area contributed by atoms with Crippen LogP contribution in [-0.2, 0) is 11.8 Å². The normalized spacial score (nSPS) is 18.0. The van der Waals surface area contributed by atoms with E-state index in [-0.39, 0.29) is 0 Å². The van der Waals surface area contributed by atoms with E-state index in [0.29, 0.717) is 22.3 Å². The van der Waals surface area contributed by atoms with Crippen molar-refractivity contribution in [2.75, 3.05) is 56.6 Å². The van der Waals surface area contributed by atoms with Crippen LogP contribution in [0.5, 0.6) is 0 Å². The van der Waals surface area contributed by atoms with Crippen molar-refractivity contribution in [2.45, 2.75) is 0 Å². The first kappa shape index (κ1) is 23.5. The Morgan fingerprint density at radius 2 is 1.94 bits per heavy atom. The lowest BCUT2D eigenvalue weighted by molar-refractivity contribution is 0.0398. The smallest absolute Gasteiger partial charge is 0.203 e. The molecule has 3 heterocycles. The Bertz CT molecular complexity index is 1230. The summed E-state index contributed by atoms with van der Waals surface area (Å²) in [6.45, 7) is 6.08. The molecule has 7 nitrogen and oxygen atoms in total. The van der Waals surface area contributed by atoms with Crippen LogP contribution in [0.15, 0.2) is 46.3 Å². The molecule has 2 aliphatic rings. The standard InChI is InChI=1S/C24H26Cl2N6OS/c1-31-21-14-16(5-6-20(21)29-23(31)27-7-8-32-9-11-33-12-10-32)13-17-15-28-24(34-17)30-22-18(25)3-2-4-19(22)26/h2-6,13-14H,7-12,15H2,1H3,(H,27,29)(H,28,30). The van der Waals surface area contributed by atoms with Crippen LogP contribution in [0.1, 0.15) is 5.56 Å². The number of aliphatic imine (C=N–C) groups is 1. The molecule has 0 radical (unpaired) electrons. The van der Waals surface area contributed by atoms with Gasteiger partial charge in [0, 0.05) is 38.1 Å². The van der Waals surface area contributed by atoms with Crippen molar-refractivity contribution in [3.05, 3.63) is 56.9 Å². The van der Waals surface area contributed by atoms with Crippen LogP contribution in [0.4, 0.5) is 11.6 Å². The number of halogens is 2. The number of benzene rings is 2. The Labute approximate surface area is 213 Å². The Morgan fingerprint density at radius 3 is 2.74 bits per heavy atom. The number of aromatic nitrogens is 2. The number of fused-ring (bicyclic) bond motifs is 1. The Hall–Kier alpha value is -2.23. The maximum absolute atomic E-state index is 6.27. The highest BCUT2D eigenvalue weighted by atomic mass is 35.5. The molecule has 0 spiro atoms. The molecule has 0 atom stereocenters. The summed E-state index contributed by atoms with van der Waals surface area (Å²) in [5.41, 5.74) is 3.87. The number of morpholine rings is 1. The summed E-state index contributed by atoms with van der Waals surface area (Å²) in [6, 6.07) is 11.8. The van der Waals surface area contributed by atoms with Gasteiger partial charge in [0.1, 0.15) is 0 Å². The average molecular weight is 517 g/mol. The number of aryl methyl sites for hydroxylation is 1. The van der Waals surface area contributed by atoms with Crippen LogP contribution in [0, 0.1) is 0 Å². The number of nitrogens with zero attached hydrogens (tertiary/aromatic N) is 4. The van der Waals surface area contributed by atoms with Crippen molar-refractivity contribution >= 4 is 68.9 Å². The van der Waals surface area contributed by atoms with Crippen LogP contribution >= 0.6 is 35.0 Å². The van der Waals surface area contributed by atoms with Crippen LogP contribution in [0.2, 0.25) is 10.0 Å². The SMILES string of the molecule is Cn1c(NCCN2CCOCC2)nc2ccc(C=C3CN=C(Nc4c(Cl)cccc4Cl)S3)cc21. The minimum absolute atomic E-state index is 0.573. The third kappa shape index (κ3) is 5.37. The van der Waals surface area contributed by atoms with E-state index in [9.17, 15) is 0 Å². The first-order valence-corrected chi connectivity index (χ1v) is 12.8. The monoisotopic (exact) mass is 516 g/mol. The highest BCUT2D eigenvalue weighted by Crippen LogP contribution is 2.34. The van der Waals surface area contributed by atoms with Crippen LogP contribution in [-0.4, -0.2) is 65.6 Å². The fourth-order valence-corrected chi connectivity index (χ4v) is 5.34. The van der Waals surface area contributed by atoms with Gasteiger partial charge < -0.3 is 19.9 Å². The van der Waals surface area contributed by atoms with Gasteiger partial charge in [-0.15, -0.1) is 0 Å². The third-order valence-corrected chi connectivity index (χ3v) is 7.41. The van der Waals surface area contributed by atoms with Crippen molar-refractivity contribution < 1.29 is 4.74 Å². The van der Waals surface area contributed by atoms with Gasteiger partial charge in [0.2, 0.25) is 5.95 Å². The van der Waals surface area contributed by atoms with Crippen molar-refractivity contribution in [3.63, 3.8) is 0 Å². The summed E-state index contributed by atoms with van der Waals surface area (Å²) in [5.74, 6) is 0.884. The summed E-state index contributed by atoms with van der Waals surface area (Å²) < 4.78 is 7.53. The lowest BCUT2D eigenvalue weighted by atomic mass is 10.2. The Kier molecular flexibility index (Phi) is 7.32. The zero-order chi connectivity index (χ0) is 23.5. The third-order valence-electron chi connectivity index (χ3n) is 5.85. The summed E-state index contributed by atoms with van der Waals surface area (Å²) in [7, 11) is 2.05. The fourth-order valence-electron chi connectivity index (χ4n) is 3.99. The molecule has 5 rings (SSSR count). The second-order valence-electron chi connectivity index (χ2n) is 8.18. The number of ether oxygens (including phenoxy) is 1. The second kappa shape index (κ2) is 10.6. The molecule has 1 aromatic heterocycles. The Morgan fingerprint density at radius 1 is 1.15 bits per heavy atom. The summed E-state index contributed by atoms with van der Waals surface area (Å²) in [4.78, 5) is 12.9. The number of hydrogen-bond acceptors (Lipinski definition) is 7. The van der Waals surface area contributed by atoms with E-state index in [1.165, 1.54) is 0 Å². The lowest BCUT2D eigenvalue weighted by Gasteiger charge is -2.26. The van der Waals surface area contributed by atoms with Crippen molar-refractivity contribution in [1.82, 2.24) is 14.5 Å². The molecule has 0 saturated carbocycles. The summed E-state index contributed by atoms with van der Waals surface area (Å²) >= 11 is 14.1. The van der Waals surface area contributed by atoms with E-state index in [1.807, 2.05) is 25.2 Å². The number of thioether (sulfide) groups is 1. The Balaban J connectivity index is 1.23. The van der Waals surface area contributed by atoms with Crippen LogP contribution in [0.3, 0.4) is 0 Å². The molecular weight excluding hydrogens is 491 g/mol. The summed E-state index contributed by atoms with van der Waals surface area (Å²) in [6.07, 6.45) is 2.16. The second-order valence-corrected chi connectivity index (χ2v) is 10.1. The van der Waals surface area contributed by atoms with Gasteiger partial charge in [-0.2, -0.15) is 0 Å². The van der Waals surface area contributed by atoms with E-state index in [1.54, 1.807) is 11.8 Å². The van der Waals surface area contributed by atoms with E-state index in [4.69, 9.17) is 32.9 Å². The van der Waals surface area contributed by atoms with E-state index in [2.05, 4.69) is 49.4 Å². The summed E-state index contributed by atoms with van der Waals surface area (Å²) in [5, 5.41) is 8.67. The quantitative estimate of drug-likeness (QED) is 0.470. The topological polar surface area (TPSA) is 66.7 Å². The van der Waals surface area contributed by atoms with Gasteiger partial charge in [0.05, 0.1) is 46.5 Å². The molecule has 34 heavy (non-hydrogen) atoms. The van der Waals surface area contributed by atoms with Gasteiger partial charge in [0.15, 0.2) is 5.17 Å². The zero-order valence-electron chi connectivity index (χ0n) is 18.9. The van der Waals surface area contributed by atoms with Gasteiger partial charge >= 0.3 is 0 Å². The molecule has 2 aliphatic heterocycles. The molecule has 10 heteroatoms. The van der Waals surface area contributed by atoms with Crippen molar-refractivity contribution in [2.24, 2.45) is 12.0 Å². The number of anilines is 2. The highest BCUT2D eigenvalue weighted by molar-refractivity contribution is 8.17. The molecule has 0 unspecified atom stereocenters. The largest absolute Gasteiger partial charge is 0.379 e. The number of imidazole rings is 1. The van der Waals surface area contributed by atoms with Crippen LogP contribution in [0.25, 0.3) is 17.1 Å². The first-order chi connectivity index (χ1) is 16.6.